The average molecular weight is 521 g/mol. The molecule has 13 heteroatoms. The third kappa shape index (κ3) is 6.24. The zero-order valence-electron chi connectivity index (χ0n) is 18.5. The molecule has 0 bridgehead atoms. The SMILES string of the molecule is COC(O)Nc1nc2ccc(Sc3ccc(NC(=O)Nc4cc(C(F)(F)F)ccc4F)cc3)cc2[nH]1. The van der Waals surface area contributed by atoms with Crippen LogP contribution in [0, 0.1) is 5.82 Å². The van der Waals surface area contributed by atoms with E-state index in [1.165, 1.54) is 18.9 Å². The zero-order chi connectivity index (χ0) is 25.9. The average Bonchev–Trinajstić information content (AvgIpc) is 3.22. The van der Waals surface area contributed by atoms with Crippen LogP contribution in [0.25, 0.3) is 11.0 Å². The van der Waals surface area contributed by atoms with E-state index in [1.807, 2.05) is 18.2 Å². The number of alkyl halides is 3. The number of urea groups is 1. The summed E-state index contributed by atoms with van der Waals surface area (Å²) >= 11 is 1.44. The van der Waals surface area contributed by atoms with Gasteiger partial charge in [0.1, 0.15) is 5.82 Å². The minimum atomic E-state index is -4.66. The number of methoxy groups -OCH3 is 1. The Balaban J connectivity index is 1.38. The summed E-state index contributed by atoms with van der Waals surface area (Å²) in [4.78, 5) is 21.2. The maximum Gasteiger partial charge on any atom is 0.416 e. The van der Waals surface area contributed by atoms with Crippen LogP contribution < -0.4 is 16.0 Å². The molecule has 5 N–H and O–H groups in total. The largest absolute Gasteiger partial charge is 0.416 e. The molecule has 0 fully saturated rings. The molecule has 1 unspecified atom stereocenters. The van der Waals surface area contributed by atoms with E-state index < -0.39 is 35.7 Å². The molecule has 0 aliphatic rings. The number of hydrogen-bond acceptors (Lipinski definition) is 6. The number of imidazole rings is 1. The van der Waals surface area contributed by atoms with E-state index >= 15 is 0 Å². The molecule has 0 spiro atoms. The predicted molar refractivity (Wildman–Crippen MR) is 127 cm³/mol. The van der Waals surface area contributed by atoms with Gasteiger partial charge < -0.3 is 30.8 Å². The Morgan fingerprint density at radius 1 is 1.06 bits per heavy atom. The normalized spacial score (nSPS) is 12.4. The van der Waals surface area contributed by atoms with E-state index in [2.05, 4.69) is 25.9 Å². The van der Waals surface area contributed by atoms with E-state index in [0.29, 0.717) is 35.4 Å². The summed E-state index contributed by atoms with van der Waals surface area (Å²) in [5.74, 6) is -0.642. The van der Waals surface area contributed by atoms with Crippen LogP contribution in [-0.2, 0) is 10.9 Å². The van der Waals surface area contributed by atoms with Crippen molar-refractivity contribution >= 4 is 46.1 Å². The molecular weight excluding hydrogens is 502 g/mol. The van der Waals surface area contributed by atoms with E-state index in [0.717, 1.165) is 15.3 Å². The molecule has 36 heavy (non-hydrogen) atoms. The number of benzene rings is 3. The number of nitrogens with one attached hydrogen (secondary N) is 4. The molecule has 8 nitrogen and oxygen atoms in total. The number of aliphatic hydroxyl groups excluding tert-OH is 1. The number of aliphatic hydroxyl groups is 1. The number of aromatic amines is 1. The zero-order valence-corrected chi connectivity index (χ0v) is 19.3. The predicted octanol–water partition coefficient (Wildman–Crippen LogP) is 5.85. The lowest BCUT2D eigenvalue weighted by Crippen LogP contribution is -2.20. The van der Waals surface area contributed by atoms with Crippen molar-refractivity contribution in [2.24, 2.45) is 0 Å². The fraction of sp³-hybridized carbons (Fsp3) is 0.130. The Morgan fingerprint density at radius 3 is 2.47 bits per heavy atom. The first-order valence-electron chi connectivity index (χ1n) is 10.3. The van der Waals surface area contributed by atoms with E-state index in [9.17, 15) is 27.5 Å². The number of nitrogens with zero attached hydrogens (tertiary/aromatic N) is 1. The van der Waals surface area contributed by atoms with Crippen molar-refractivity contribution in [2.75, 3.05) is 23.1 Å². The summed E-state index contributed by atoms with van der Waals surface area (Å²) < 4.78 is 57.1. The molecule has 2 amide bonds. The molecule has 0 saturated carbocycles. The van der Waals surface area contributed by atoms with Crippen molar-refractivity contribution in [2.45, 2.75) is 22.4 Å². The van der Waals surface area contributed by atoms with Crippen molar-refractivity contribution in [1.82, 2.24) is 9.97 Å². The summed E-state index contributed by atoms with van der Waals surface area (Å²) in [5, 5.41) is 16.7. The maximum atomic E-state index is 13.8. The smallest absolute Gasteiger partial charge is 0.351 e. The number of aromatic nitrogens is 2. The van der Waals surface area contributed by atoms with Gasteiger partial charge in [-0.1, -0.05) is 11.8 Å². The molecule has 4 aromatic rings. The Bertz CT molecular complexity index is 1380. The summed E-state index contributed by atoms with van der Waals surface area (Å²) in [7, 11) is 1.35. The lowest BCUT2D eigenvalue weighted by Gasteiger charge is -2.12. The Morgan fingerprint density at radius 2 is 1.78 bits per heavy atom. The van der Waals surface area contributed by atoms with Gasteiger partial charge in [0.25, 0.3) is 0 Å². The van der Waals surface area contributed by atoms with Gasteiger partial charge in [0.15, 0.2) is 0 Å². The molecule has 1 heterocycles. The van der Waals surface area contributed by atoms with Crippen LogP contribution in [0.15, 0.2) is 70.5 Å². The Hall–Kier alpha value is -3.81. The monoisotopic (exact) mass is 521 g/mol. The topological polar surface area (TPSA) is 111 Å². The lowest BCUT2D eigenvalue weighted by atomic mass is 10.2. The molecule has 0 saturated heterocycles. The minimum Gasteiger partial charge on any atom is -0.351 e. The summed E-state index contributed by atoms with van der Waals surface area (Å²) in [6.07, 6.45) is -5.86. The van der Waals surface area contributed by atoms with Crippen LogP contribution in [0.2, 0.25) is 0 Å². The number of carbonyl (C=O) groups excluding carboxylic acids is 1. The van der Waals surface area contributed by atoms with Crippen LogP contribution in [0.5, 0.6) is 0 Å². The van der Waals surface area contributed by atoms with Gasteiger partial charge in [-0.2, -0.15) is 13.2 Å². The number of carbonyl (C=O) groups is 1. The number of anilines is 3. The maximum absolute atomic E-state index is 13.8. The Labute approximate surface area is 206 Å². The number of amides is 2. The Kier molecular flexibility index (Phi) is 7.33. The molecular formula is C23H19F4N5O3S. The molecule has 1 aromatic heterocycles. The third-order valence-corrected chi connectivity index (χ3v) is 5.82. The van der Waals surface area contributed by atoms with E-state index in [1.54, 1.807) is 24.3 Å². The van der Waals surface area contributed by atoms with Gasteiger partial charge in [0.05, 0.1) is 22.3 Å². The highest BCUT2D eigenvalue weighted by Crippen LogP contribution is 2.33. The van der Waals surface area contributed by atoms with Crippen molar-refractivity contribution < 1.29 is 32.2 Å². The highest BCUT2D eigenvalue weighted by atomic mass is 32.2. The number of halogens is 4. The van der Waals surface area contributed by atoms with Crippen molar-refractivity contribution in [3.8, 4) is 0 Å². The third-order valence-electron chi connectivity index (χ3n) is 4.83. The molecule has 3 aromatic carbocycles. The van der Waals surface area contributed by atoms with E-state index in [-0.39, 0.29) is 0 Å². The molecule has 4 rings (SSSR count). The van der Waals surface area contributed by atoms with Gasteiger partial charge in [0, 0.05) is 22.6 Å². The summed E-state index contributed by atoms with van der Waals surface area (Å²) in [6.45, 7) is 0. The van der Waals surface area contributed by atoms with Crippen molar-refractivity contribution in [1.29, 1.82) is 0 Å². The number of hydrogen-bond donors (Lipinski definition) is 5. The van der Waals surface area contributed by atoms with Crippen molar-refractivity contribution in [3.05, 3.63) is 72.0 Å². The first kappa shape index (κ1) is 25.3. The number of fused-ring (bicyclic) bond motifs is 1. The van der Waals surface area contributed by atoms with Crippen LogP contribution in [0.3, 0.4) is 0 Å². The minimum absolute atomic E-state index is 0.347. The van der Waals surface area contributed by atoms with Gasteiger partial charge in [-0.15, -0.1) is 0 Å². The first-order chi connectivity index (χ1) is 17.1. The molecule has 0 aliphatic heterocycles. The molecule has 0 radical (unpaired) electrons. The fourth-order valence-corrected chi connectivity index (χ4v) is 3.98. The van der Waals surface area contributed by atoms with Crippen molar-refractivity contribution in [3.63, 3.8) is 0 Å². The highest BCUT2D eigenvalue weighted by Gasteiger charge is 2.31. The molecule has 188 valence electrons. The van der Waals surface area contributed by atoms with Crippen LogP contribution in [0.1, 0.15) is 5.56 Å². The summed E-state index contributed by atoms with van der Waals surface area (Å²) in [6, 6.07) is 13.1. The van der Waals surface area contributed by atoms with Crippen LogP contribution in [-0.4, -0.2) is 34.6 Å². The lowest BCUT2D eigenvalue weighted by molar-refractivity contribution is -0.137. The number of ether oxygens (including phenoxy) is 1. The first-order valence-corrected chi connectivity index (χ1v) is 11.1. The van der Waals surface area contributed by atoms with Gasteiger partial charge in [-0.05, 0) is 60.7 Å². The fourth-order valence-electron chi connectivity index (χ4n) is 3.12. The standard InChI is InChI=1S/C23H19F4N5O3S/c1-35-22(34)32-20-29-17-9-7-15(11-19(17)30-20)36-14-5-3-13(4-6-14)28-21(33)31-18-10-12(23(25,26)27)2-8-16(18)24/h2-11,22,34H,1H3,(H2,28,31,33)(H2,29,30,32). The van der Waals surface area contributed by atoms with Crippen LogP contribution >= 0.6 is 11.8 Å². The van der Waals surface area contributed by atoms with Crippen LogP contribution in [0.4, 0.5) is 39.7 Å². The van der Waals surface area contributed by atoms with Gasteiger partial charge >= 0.3 is 12.2 Å². The second kappa shape index (κ2) is 10.4. The van der Waals surface area contributed by atoms with Gasteiger partial charge in [-0.25, -0.2) is 14.2 Å². The molecule has 0 aliphatic carbocycles. The second-order valence-corrected chi connectivity index (χ2v) is 8.54. The highest BCUT2D eigenvalue weighted by molar-refractivity contribution is 7.99. The van der Waals surface area contributed by atoms with Gasteiger partial charge in [-0.3, -0.25) is 0 Å². The second-order valence-electron chi connectivity index (χ2n) is 7.39. The van der Waals surface area contributed by atoms with Gasteiger partial charge in [0.2, 0.25) is 12.4 Å². The number of rotatable bonds is 7. The van der Waals surface area contributed by atoms with E-state index in [4.69, 9.17) is 4.74 Å². The molecule has 1 atom stereocenters. The summed E-state index contributed by atoms with van der Waals surface area (Å²) in [5.41, 5.74) is 0.129. The number of H-pyrrole nitrogens is 1. The quantitative estimate of drug-likeness (QED) is 0.154.